The van der Waals surface area contributed by atoms with E-state index in [-0.39, 0.29) is 5.91 Å². The average Bonchev–Trinajstić information content (AvgIpc) is 3.46. The second-order valence-corrected chi connectivity index (χ2v) is 8.25. The minimum absolute atomic E-state index is 0.164. The summed E-state index contributed by atoms with van der Waals surface area (Å²) in [5.74, 6) is 0.164. The number of carbonyl (C=O) groups is 1. The van der Waals surface area contributed by atoms with Gasteiger partial charge >= 0.3 is 0 Å². The Hall–Kier alpha value is -1.89. The van der Waals surface area contributed by atoms with Gasteiger partial charge < -0.3 is 5.32 Å². The van der Waals surface area contributed by atoms with E-state index >= 15 is 0 Å². The molecule has 1 aliphatic heterocycles. The third-order valence-corrected chi connectivity index (χ3v) is 5.94. The first-order valence-electron chi connectivity index (χ1n) is 10.1. The zero-order chi connectivity index (χ0) is 19.5. The second kappa shape index (κ2) is 8.64. The molecular weight excluding hydrogens is 374 g/mol. The second-order valence-electron chi connectivity index (χ2n) is 7.89. The summed E-state index contributed by atoms with van der Waals surface area (Å²) in [5.41, 5.74) is 3.29. The molecule has 7 heteroatoms. The van der Waals surface area contributed by atoms with Crippen LogP contribution in [0, 0.1) is 6.92 Å². The molecule has 28 heavy (non-hydrogen) atoms. The molecule has 4 rings (SSSR count). The normalized spacial score (nSPS) is 18.4. The molecule has 2 fully saturated rings. The number of halogens is 1. The van der Waals surface area contributed by atoms with Crippen molar-refractivity contribution in [2.45, 2.75) is 38.9 Å². The molecule has 1 N–H and O–H groups in total. The van der Waals surface area contributed by atoms with E-state index in [0.29, 0.717) is 19.1 Å². The number of aromatic nitrogens is 2. The Balaban J connectivity index is 1.30. The number of carbonyl (C=O) groups excluding carboxylic acids is 1. The summed E-state index contributed by atoms with van der Waals surface area (Å²) in [6, 6.07) is 10.7. The Labute approximate surface area is 171 Å². The van der Waals surface area contributed by atoms with Gasteiger partial charge in [0, 0.05) is 44.3 Å². The molecule has 0 unspecified atom stereocenters. The number of aryl methyl sites for hydroxylation is 1. The van der Waals surface area contributed by atoms with Crippen LogP contribution in [0.2, 0.25) is 5.15 Å². The van der Waals surface area contributed by atoms with Crippen molar-refractivity contribution in [1.29, 1.82) is 0 Å². The van der Waals surface area contributed by atoms with E-state index in [9.17, 15) is 4.79 Å². The Bertz CT molecular complexity index is 810. The van der Waals surface area contributed by atoms with Gasteiger partial charge in [-0.15, -0.1) is 0 Å². The molecule has 2 aromatic rings. The maximum atomic E-state index is 12.0. The summed E-state index contributed by atoms with van der Waals surface area (Å²) in [4.78, 5) is 16.6. The molecule has 6 nitrogen and oxygen atoms in total. The molecule has 0 spiro atoms. The van der Waals surface area contributed by atoms with E-state index in [2.05, 4.69) is 32.3 Å². The first-order chi connectivity index (χ1) is 13.6. The predicted octanol–water partition coefficient (Wildman–Crippen LogP) is 2.29. The number of benzene rings is 1. The Morgan fingerprint density at radius 2 is 1.79 bits per heavy atom. The number of nitrogens with one attached hydrogen (secondary N) is 1. The number of nitrogens with zero attached hydrogens (tertiary/aromatic N) is 4. The zero-order valence-corrected chi connectivity index (χ0v) is 17.2. The minimum atomic E-state index is 0.164. The highest BCUT2D eigenvalue weighted by Crippen LogP contribution is 2.23. The topological polar surface area (TPSA) is 53.4 Å². The monoisotopic (exact) mass is 401 g/mol. The number of hydrogen-bond donors (Lipinski definition) is 1. The van der Waals surface area contributed by atoms with Crippen LogP contribution in [-0.4, -0.2) is 64.3 Å². The van der Waals surface area contributed by atoms with Crippen LogP contribution in [-0.2, 0) is 17.9 Å². The van der Waals surface area contributed by atoms with E-state index in [1.54, 1.807) is 0 Å². The Morgan fingerprint density at radius 1 is 1.11 bits per heavy atom. The minimum Gasteiger partial charge on any atom is -0.352 e. The van der Waals surface area contributed by atoms with Crippen molar-refractivity contribution in [2.24, 2.45) is 0 Å². The van der Waals surface area contributed by atoms with Crippen molar-refractivity contribution in [1.82, 2.24) is 24.9 Å². The Morgan fingerprint density at radius 3 is 2.46 bits per heavy atom. The van der Waals surface area contributed by atoms with Crippen molar-refractivity contribution < 1.29 is 4.79 Å². The van der Waals surface area contributed by atoms with Gasteiger partial charge in [-0.1, -0.05) is 41.9 Å². The van der Waals surface area contributed by atoms with Gasteiger partial charge in [0.2, 0.25) is 5.91 Å². The third-order valence-electron chi connectivity index (χ3n) is 5.51. The van der Waals surface area contributed by atoms with Crippen molar-refractivity contribution in [3.05, 3.63) is 52.3 Å². The first kappa shape index (κ1) is 19.4. The van der Waals surface area contributed by atoms with Crippen molar-refractivity contribution in [2.75, 3.05) is 32.7 Å². The van der Waals surface area contributed by atoms with Crippen molar-refractivity contribution in [3.8, 4) is 0 Å². The number of rotatable bonds is 7. The molecule has 1 aliphatic carbocycles. The van der Waals surface area contributed by atoms with Crippen LogP contribution in [0.15, 0.2) is 30.3 Å². The molecule has 0 atom stereocenters. The molecule has 1 aromatic heterocycles. The molecule has 0 radical (unpaired) electrons. The van der Waals surface area contributed by atoms with Crippen LogP contribution >= 0.6 is 11.6 Å². The van der Waals surface area contributed by atoms with Crippen LogP contribution in [0.25, 0.3) is 0 Å². The smallest absolute Gasteiger partial charge is 0.234 e. The molecule has 1 aromatic carbocycles. The van der Waals surface area contributed by atoms with Crippen LogP contribution in [0.5, 0.6) is 0 Å². The summed E-state index contributed by atoms with van der Waals surface area (Å²) in [5, 5.41) is 8.45. The summed E-state index contributed by atoms with van der Waals surface area (Å²) in [7, 11) is 0. The van der Waals surface area contributed by atoms with Crippen molar-refractivity contribution >= 4 is 17.5 Å². The average molecular weight is 402 g/mol. The largest absolute Gasteiger partial charge is 0.352 e. The standard InChI is InChI=1S/C21H28ClN5O/c1-16-19(21(22)27(24-16)13-17-5-3-2-4-6-17)14-25-9-11-26(12-10-25)15-20(28)23-18-7-8-18/h2-6,18H,7-15H2,1H3,(H,23,28). The van der Waals surface area contributed by atoms with Gasteiger partial charge in [-0.2, -0.15) is 5.10 Å². The first-order valence-corrected chi connectivity index (χ1v) is 10.5. The Kier molecular flexibility index (Phi) is 5.99. The summed E-state index contributed by atoms with van der Waals surface area (Å²) >= 11 is 6.66. The third kappa shape index (κ3) is 4.93. The summed E-state index contributed by atoms with van der Waals surface area (Å²) in [6.45, 7) is 7.73. The van der Waals surface area contributed by atoms with Gasteiger partial charge in [-0.25, -0.2) is 4.68 Å². The van der Waals surface area contributed by atoms with E-state index in [1.807, 2.05) is 29.8 Å². The van der Waals surface area contributed by atoms with E-state index < -0.39 is 0 Å². The highest BCUT2D eigenvalue weighted by atomic mass is 35.5. The fourth-order valence-electron chi connectivity index (χ4n) is 3.66. The van der Waals surface area contributed by atoms with Gasteiger partial charge in [-0.05, 0) is 25.3 Å². The molecule has 1 saturated heterocycles. The van der Waals surface area contributed by atoms with E-state index in [0.717, 1.165) is 62.0 Å². The van der Waals surface area contributed by atoms with E-state index in [4.69, 9.17) is 11.6 Å². The zero-order valence-electron chi connectivity index (χ0n) is 16.4. The number of hydrogen-bond acceptors (Lipinski definition) is 4. The fraction of sp³-hybridized carbons (Fsp3) is 0.524. The lowest BCUT2D eigenvalue weighted by molar-refractivity contribution is -0.122. The molecule has 2 aliphatic rings. The maximum absolute atomic E-state index is 12.0. The molecular formula is C21H28ClN5O. The fourth-order valence-corrected chi connectivity index (χ4v) is 3.96. The van der Waals surface area contributed by atoms with Gasteiger partial charge in [0.25, 0.3) is 0 Å². The van der Waals surface area contributed by atoms with Crippen LogP contribution in [0.1, 0.15) is 29.7 Å². The van der Waals surface area contributed by atoms with Crippen LogP contribution in [0.3, 0.4) is 0 Å². The van der Waals surface area contributed by atoms with Crippen LogP contribution < -0.4 is 5.32 Å². The quantitative estimate of drug-likeness (QED) is 0.773. The molecule has 0 bridgehead atoms. The maximum Gasteiger partial charge on any atom is 0.234 e. The molecule has 1 amide bonds. The van der Waals surface area contributed by atoms with Gasteiger partial charge in [-0.3, -0.25) is 14.6 Å². The van der Waals surface area contributed by atoms with Gasteiger partial charge in [0.15, 0.2) is 0 Å². The van der Waals surface area contributed by atoms with E-state index in [1.165, 1.54) is 5.56 Å². The lowest BCUT2D eigenvalue weighted by Gasteiger charge is -2.34. The molecule has 150 valence electrons. The predicted molar refractivity (Wildman–Crippen MR) is 110 cm³/mol. The lowest BCUT2D eigenvalue weighted by Crippen LogP contribution is -2.49. The number of amides is 1. The molecule has 2 heterocycles. The van der Waals surface area contributed by atoms with Crippen molar-refractivity contribution in [3.63, 3.8) is 0 Å². The van der Waals surface area contributed by atoms with Gasteiger partial charge in [0.1, 0.15) is 5.15 Å². The summed E-state index contributed by atoms with van der Waals surface area (Å²) < 4.78 is 1.89. The molecule has 1 saturated carbocycles. The number of piperazine rings is 1. The van der Waals surface area contributed by atoms with Gasteiger partial charge in [0.05, 0.1) is 18.8 Å². The summed E-state index contributed by atoms with van der Waals surface area (Å²) in [6.07, 6.45) is 2.27. The SMILES string of the molecule is Cc1nn(Cc2ccccc2)c(Cl)c1CN1CCN(CC(=O)NC2CC2)CC1. The highest BCUT2D eigenvalue weighted by Gasteiger charge is 2.26. The lowest BCUT2D eigenvalue weighted by atomic mass is 10.2. The highest BCUT2D eigenvalue weighted by molar-refractivity contribution is 6.30. The van der Waals surface area contributed by atoms with Crippen LogP contribution in [0.4, 0.5) is 0 Å².